The van der Waals surface area contributed by atoms with Crippen LogP contribution >= 0.6 is 0 Å². The molecule has 0 aliphatic carbocycles. The first-order valence-electron chi connectivity index (χ1n) is 12.5. The molecule has 2 N–H and O–H groups in total. The van der Waals surface area contributed by atoms with Crippen molar-refractivity contribution in [3.63, 3.8) is 0 Å². The van der Waals surface area contributed by atoms with Gasteiger partial charge in [-0.1, -0.05) is 48.0 Å². The van der Waals surface area contributed by atoms with Crippen LogP contribution in [0.2, 0.25) is 0 Å². The number of rotatable bonds is 10. The standard InChI is InChI=1S/C28H39NO8S/c1-19-13-15-21(16-14-19)38(32,33)29-28(7,25(31)37-26(2,3)4)24(30)23-22(35-27(5,6)36-23)18-34-17-20-11-9-8-10-12-20/h8-16,22-24,29-30H,17-18H2,1-7H3/t22-,23+,24+,28+/m0/s1. The van der Waals surface area contributed by atoms with Crippen molar-refractivity contribution < 1.29 is 37.3 Å². The van der Waals surface area contributed by atoms with Gasteiger partial charge in [-0.25, -0.2) is 13.2 Å². The second-order valence-corrected chi connectivity index (χ2v) is 12.9. The van der Waals surface area contributed by atoms with Crippen molar-refractivity contribution in [2.45, 2.75) is 95.2 Å². The molecule has 0 saturated carbocycles. The number of esters is 1. The summed E-state index contributed by atoms with van der Waals surface area (Å²) in [5.41, 5.74) is -1.25. The van der Waals surface area contributed by atoms with E-state index < -0.39 is 51.2 Å². The Labute approximate surface area is 225 Å². The zero-order valence-corrected chi connectivity index (χ0v) is 23.9. The van der Waals surface area contributed by atoms with E-state index >= 15 is 0 Å². The minimum absolute atomic E-state index is 0.0369. The molecule has 9 nitrogen and oxygen atoms in total. The maximum atomic E-state index is 13.5. The molecule has 0 spiro atoms. The Kier molecular flexibility index (Phi) is 9.07. The summed E-state index contributed by atoms with van der Waals surface area (Å²) >= 11 is 0. The van der Waals surface area contributed by atoms with Crippen LogP contribution in [0.25, 0.3) is 0 Å². The van der Waals surface area contributed by atoms with Crippen LogP contribution in [-0.2, 0) is 40.4 Å². The lowest BCUT2D eigenvalue weighted by molar-refractivity contribution is -0.179. The molecule has 1 aliphatic heterocycles. The number of aliphatic hydroxyl groups is 1. The fraction of sp³-hybridized carbons (Fsp3) is 0.536. The number of hydrogen-bond acceptors (Lipinski definition) is 8. The summed E-state index contributed by atoms with van der Waals surface area (Å²) in [5, 5.41) is 11.6. The average Bonchev–Trinajstić information content (AvgIpc) is 3.12. The summed E-state index contributed by atoms with van der Waals surface area (Å²) in [5.74, 6) is -2.07. The number of benzene rings is 2. The number of aliphatic hydroxyl groups excluding tert-OH is 1. The molecule has 0 amide bonds. The van der Waals surface area contributed by atoms with E-state index in [2.05, 4.69) is 4.72 Å². The summed E-state index contributed by atoms with van der Waals surface area (Å²) in [4.78, 5) is 13.4. The minimum Gasteiger partial charge on any atom is -0.458 e. The zero-order valence-electron chi connectivity index (χ0n) is 23.1. The van der Waals surface area contributed by atoms with Gasteiger partial charge in [-0.05, 0) is 66.2 Å². The van der Waals surface area contributed by atoms with Crippen LogP contribution in [0.1, 0.15) is 52.7 Å². The first-order chi connectivity index (χ1) is 17.5. The van der Waals surface area contributed by atoms with Gasteiger partial charge in [0.25, 0.3) is 0 Å². The van der Waals surface area contributed by atoms with Crippen molar-refractivity contribution in [3.05, 3.63) is 65.7 Å². The fourth-order valence-corrected chi connectivity index (χ4v) is 5.49. The monoisotopic (exact) mass is 549 g/mol. The van der Waals surface area contributed by atoms with Gasteiger partial charge in [-0.2, -0.15) is 4.72 Å². The molecule has 38 heavy (non-hydrogen) atoms. The molecule has 3 rings (SSSR count). The van der Waals surface area contributed by atoms with Gasteiger partial charge in [0.15, 0.2) is 11.3 Å². The van der Waals surface area contributed by atoms with Crippen molar-refractivity contribution in [1.29, 1.82) is 0 Å². The molecule has 0 radical (unpaired) electrons. The van der Waals surface area contributed by atoms with Gasteiger partial charge in [0.1, 0.15) is 23.9 Å². The largest absolute Gasteiger partial charge is 0.458 e. The molecule has 0 aromatic heterocycles. The Morgan fingerprint density at radius 3 is 2.24 bits per heavy atom. The Morgan fingerprint density at radius 1 is 1.05 bits per heavy atom. The third-order valence-electron chi connectivity index (χ3n) is 6.02. The van der Waals surface area contributed by atoms with E-state index in [0.717, 1.165) is 11.1 Å². The summed E-state index contributed by atoms with van der Waals surface area (Å²) in [6.07, 6.45) is -3.60. The molecule has 210 valence electrons. The molecular formula is C28H39NO8S. The molecule has 1 heterocycles. The molecular weight excluding hydrogens is 510 g/mol. The number of carbonyl (C=O) groups is 1. The predicted molar refractivity (Wildman–Crippen MR) is 142 cm³/mol. The Hall–Kier alpha value is -2.34. The second kappa shape index (κ2) is 11.4. The van der Waals surface area contributed by atoms with Crippen molar-refractivity contribution in [2.75, 3.05) is 6.61 Å². The van der Waals surface area contributed by atoms with E-state index in [4.69, 9.17) is 18.9 Å². The first-order valence-corrected chi connectivity index (χ1v) is 14.0. The number of nitrogens with one attached hydrogen (secondary N) is 1. The number of aryl methyl sites for hydroxylation is 1. The lowest BCUT2D eigenvalue weighted by Gasteiger charge is -2.38. The lowest BCUT2D eigenvalue weighted by atomic mass is 9.89. The van der Waals surface area contributed by atoms with Gasteiger partial charge in [0.2, 0.25) is 10.0 Å². The highest BCUT2D eigenvalue weighted by Gasteiger charge is 2.56. The van der Waals surface area contributed by atoms with Crippen LogP contribution < -0.4 is 4.72 Å². The molecule has 0 bridgehead atoms. The molecule has 0 unspecified atom stereocenters. The SMILES string of the molecule is Cc1ccc(S(=O)(=O)N[C@@](C)(C(=O)OC(C)(C)C)[C@H](O)[C@@H]2OC(C)(C)O[C@H]2COCc2ccccc2)cc1. The Morgan fingerprint density at radius 2 is 1.66 bits per heavy atom. The third-order valence-corrected chi connectivity index (χ3v) is 7.60. The van der Waals surface area contributed by atoms with Crippen molar-refractivity contribution >= 4 is 16.0 Å². The van der Waals surface area contributed by atoms with E-state index in [1.54, 1.807) is 46.8 Å². The normalized spacial score (nSPS) is 22.0. The number of hydrogen-bond donors (Lipinski definition) is 2. The lowest BCUT2D eigenvalue weighted by Crippen LogP contribution is -2.65. The topological polar surface area (TPSA) is 120 Å². The van der Waals surface area contributed by atoms with E-state index in [0.29, 0.717) is 6.61 Å². The highest BCUT2D eigenvalue weighted by Crippen LogP contribution is 2.35. The highest BCUT2D eigenvalue weighted by atomic mass is 32.2. The van der Waals surface area contributed by atoms with E-state index in [1.807, 2.05) is 37.3 Å². The predicted octanol–water partition coefficient (Wildman–Crippen LogP) is 3.47. The van der Waals surface area contributed by atoms with Crippen LogP contribution in [0, 0.1) is 6.92 Å². The van der Waals surface area contributed by atoms with Crippen LogP contribution in [0.15, 0.2) is 59.5 Å². The minimum atomic E-state index is -4.25. The molecule has 2 aromatic rings. The Bertz CT molecular complexity index is 1190. The van der Waals surface area contributed by atoms with Crippen LogP contribution in [0.3, 0.4) is 0 Å². The van der Waals surface area contributed by atoms with Gasteiger partial charge in [0.05, 0.1) is 18.1 Å². The maximum Gasteiger partial charge on any atom is 0.330 e. The molecule has 10 heteroatoms. The van der Waals surface area contributed by atoms with Crippen molar-refractivity contribution in [2.24, 2.45) is 0 Å². The smallest absolute Gasteiger partial charge is 0.330 e. The first kappa shape index (κ1) is 30.2. The van der Waals surface area contributed by atoms with E-state index in [-0.39, 0.29) is 11.5 Å². The molecule has 1 fully saturated rings. The van der Waals surface area contributed by atoms with Gasteiger partial charge >= 0.3 is 5.97 Å². The number of ether oxygens (including phenoxy) is 4. The van der Waals surface area contributed by atoms with Gasteiger partial charge in [-0.3, -0.25) is 0 Å². The van der Waals surface area contributed by atoms with Gasteiger partial charge < -0.3 is 24.1 Å². The van der Waals surface area contributed by atoms with E-state index in [9.17, 15) is 18.3 Å². The summed E-state index contributed by atoms with van der Waals surface area (Å²) in [6.45, 7) is 11.8. The quantitative estimate of drug-likeness (QED) is 0.433. The van der Waals surface area contributed by atoms with Crippen LogP contribution in [-0.4, -0.2) is 61.3 Å². The number of sulfonamides is 1. The molecule has 1 aliphatic rings. The summed E-state index contributed by atoms with van der Waals surface area (Å²) in [6, 6.07) is 15.7. The molecule has 1 saturated heterocycles. The Balaban J connectivity index is 1.90. The summed E-state index contributed by atoms with van der Waals surface area (Å²) < 4.78 is 52.5. The molecule has 4 atom stereocenters. The maximum absolute atomic E-state index is 13.5. The number of carbonyl (C=O) groups excluding carboxylic acids is 1. The second-order valence-electron chi connectivity index (χ2n) is 11.2. The average molecular weight is 550 g/mol. The van der Waals surface area contributed by atoms with Crippen molar-refractivity contribution in [3.8, 4) is 0 Å². The summed E-state index contributed by atoms with van der Waals surface area (Å²) in [7, 11) is -4.25. The fourth-order valence-electron chi connectivity index (χ4n) is 4.12. The van der Waals surface area contributed by atoms with Crippen LogP contribution in [0.4, 0.5) is 0 Å². The van der Waals surface area contributed by atoms with Crippen LogP contribution in [0.5, 0.6) is 0 Å². The third kappa shape index (κ3) is 7.62. The highest BCUT2D eigenvalue weighted by molar-refractivity contribution is 7.89. The zero-order chi connectivity index (χ0) is 28.4. The van der Waals surface area contributed by atoms with Gasteiger partial charge in [-0.15, -0.1) is 0 Å². The molecule has 2 aromatic carbocycles. The van der Waals surface area contributed by atoms with Crippen molar-refractivity contribution in [1.82, 2.24) is 4.72 Å². The van der Waals surface area contributed by atoms with E-state index in [1.165, 1.54) is 19.1 Å². The van der Waals surface area contributed by atoms with Gasteiger partial charge in [0, 0.05) is 0 Å².